The molecule has 0 atom stereocenters. The van der Waals surface area contributed by atoms with Gasteiger partial charge in [0.1, 0.15) is 0 Å². The van der Waals surface area contributed by atoms with Crippen molar-refractivity contribution in [1.82, 2.24) is 0 Å². The molecule has 0 heterocycles. The third-order valence-electron chi connectivity index (χ3n) is 0. The van der Waals surface area contributed by atoms with Crippen LogP contribution in [0.3, 0.4) is 0 Å². The summed E-state index contributed by atoms with van der Waals surface area (Å²) in [4.78, 5) is 0. The van der Waals surface area contributed by atoms with Gasteiger partial charge in [0.2, 0.25) is 0 Å². The van der Waals surface area contributed by atoms with Gasteiger partial charge >= 0.3 is 138 Å². The van der Waals surface area contributed by atoms with Crippen molar-refractivity contribution < 1.29 is 64.0 Å². The maximum atomic E-state index is 0. The third kappa shape index (κ3) is 17.6. The standard InChI is InChI=1S/Al.Ba.Ca.K.H2O.8H/h;;;;1H2;;;;;;;;/q;2*+2;+1;;;;;5*-1. The molecule has 0 aromatic heterocycles. The number of hydrogen-bond acceptors (Lipinski definition) is 0. The number of rotatable bonds is 0. The molecule has 0 rings (SSSR count). The Hall–Kier alpha value is 4.96. The van der Waals surface area contributed by atoms with E-state index in [9.17, 15) is 0 Å². The van der Waals surface area contributed by atoms with Crippen LogP contribution in [0.1, 0.15) is 7.13 Å². The molecule has 5 heavy (non-hydrogen) atoms. The summed E-state index contributed by atoms with van der Waals surface area (Å²) in [7, 11) is 0. The molecule has 0 saturated heterocycles. The third-order valence-corrected chi connectivity index (χ3v) is 0. The average Bonchev–Trinajstić information content (AvgIpc) is 0. The van der Waals surface area contributed by atoms with Gasteiger partial charge in [-0.05, 0) is 0 Å². The van der Waals surface area contributed by atoms with Gasteiger partial charge in [-0.15, -0.1) is 0 Å². The minimum atomic E-state index is 0. The van der Waals surface area contributed by atoms with E-state index in [1.54, 1.807) is 0 Å². The quantitative estimate of drug-likeness (QED) is 0.394. The van der Waals surface area contributed by atoms with E-state index in [1.165, 1.54) is 0 Å². The fourth-order valence-corrected chi connectivity index (χ4v) is 0. The van der Waals surface area contributed by atoms with Crippen molar-refractivity contribution in [1.29, 1.82) is 0 Å². The summed E-state index contributed by atoms with van der Waals surface area (Å²) in [5, 5.41) is 0. The van der Waals surface area contributed by atoms with Crippen molar-refractivity contribution in [2.24, 2.45) is 0 Å². The van der Waals surface area contributed by atoms with Gasteiger partial charge in [0.05, 0.1) is 0 Å². The van der Waals surface area contributed by atoms with E-state index >= 15 is 0 Å². The predicted octanol–water partition coefficient (Wildman–Crippen LogP) is -5.20. The van der Waals surface area contributed by atoms with Gasteiger partial charge in [-0.1, -0.05) is 0 Å². The Balaban J connectivity index is 0. The summed E-state index contributed by atoms with van der Waals surface area (Å²) in [6, 6.07) is 0. The van der Waals surface area contributed by atoms with E-state index < -0.39 is 0 Å². The minimum Gasteiger partial charge on any atom is -1.00 e. The maximum absolute atomic E-state index is 0. The second-order valence-corrected chi connectivity index (χ2v) is 0. The van der Waals surface area contributed by atoms with Crippen molar-refractivity contribution in [3.8, 4) is 0 Å². The second-order valence-electron chi connectivity index (χ2n) is 0. The molecule has 0 radical (unpaired) electrons. The molecular weight excluding hydrogens is 259 g/mol. The van der Waals surface area contributed by atoms with Crippen LogP contribution in [0.2, 0.25) is 0 Å². The zero-order valence-corrected chi connectivity index (χ0v) is 12.7. The largest absolute Gasteiger partial charge is 2.00 e. The van der Waals surface area contributed by atoms with Crippen LogP contribution in [0.15, 0.2) is 0 Å². The van der Waals surface area contributed by atoms with Crippen LogP contribution in [0.4, 0.5) is 0 Å². The van der Waals surface area contributed by atoms with E-state index in [0.29, 0.717) is 0 Å². The van der Waals surface area contributed by atoms with Crippen LogP contribution in [0.5, 0.6) is 0 Å². The van der Waals surface area contributed by atoms with Crippen molar-refractivity contribution >= 4 is 104 Å². The summed E-state index contributed by atoms with van der Waals surface area (Å²) in [6.07, 6.45) is 0. The van der Waals surface area contributed by atoms with Crippen LogP contribution < -0.4 is 51.4 Å². The van der Waals surface area contributed by atoms with E-state index in [1.807, 2.05) is 0 Å². The van der Waals surface area contributed by atoms with Gasteiger partial charge in [0.25, 0.3) is 0 Å². The zero-order valence-electron chi connectivity index (χ0n) is 7.91. The van der Waals surface area contributed by atoms with Crippen LogP contribution in [0, 0.1) is 0 Å². The molecule has 0 saturated carbocycles. The normalized spacial score (nSPS) is 0. The van der Waals surface area contributed by atoms with Crippen LogP contribution in [-0.2, 0) is 0 Å². The van der Waals surface area contributed by atoms with Crippen molar-refractivity contribution in [2.45, 2.75) is 0 Å². The maximum Gasteiger partial charge on any atom is 2.00 e. The van der Waals surface area contributed by atoms with Gasteiger partial charge in [0.15, 0.2) is 17.4 Å². The Morgan fingerprint density at radius 3 is 1.20 bits per heavy atom. The monoisotopic (exact) mass is 270 g/mol. The second kappa shape index (κ2) is 23.1. The molecule has 0 aromatic carbocycles. The summed E-state index contributed by atoms with van der Waals surface area (Å²) < 4.78 is 0. The Kier molecular flexibility index (Phi) is 150. The first-order valence-corrected chi connectivity index (χ1v) is 0. The first-order chi connectivity index (χ1) is 0. The van der Waals surface area contributed by atoms with Crippen LogP contribution in [-0.4, -0.2) is 109 Å². The van der Waals surface area contributed by atoms with E-state index in [0.717, 1.165) is 0 Å². The van der Waals surface area contributed by atoms with E-state index in [-0.39, 0.29) is 168 Å². The van der Waals surface area contributed by atoms with E-state index in [4.69, 9.17) is 0 Å². The minimum absolute atomic E-state index is 0. The summed E-state index contributed by atoms with van der Waals surface area (Å²) >= 11 is 0. The first kappa shape index (κ1) is 32.5. The molecule has 0 fully saturated rings. The Morgan fingerprint density at radius 2 is 1.20 bits per heavy atom. The predicted molar refractivity (Wildman–Crippen MR) is 30.6 cm³/mol. The van der Waals surface area contributed by atoms with Gasteiger partial charge in [-0.25, -0.2) is 0 Å². The van der Waals surface area contributed by atoms with E-state index in [2.05, 4.69) is 0 Å². The number of hydrogen-bond donors (Lipinski definition) is 0. The molecular formula is H10AlBaCaKO. The van der Waals surface area contributed by atoms with Gasteiger partial charge < -0.3 is 12.6 Å². The van der Waals surface area contributed by atoms with Gasteiger partial charge in [-0.3, -0.25) is 0 Å². The molecule has 0 aliphatic rings. The van der Waals surface area contributed by atoms with Gasteiger partial charge in [0, 0.05) is 0 Å². The fourth-order valence-electron chi connectivity index (χ4n) is 0. The average molecular weight is 270 g/mol. The Morgan fingerprint density at radius 1 is 1.20 bits per heavy atom. The molecule has 2 N–H and O–H groups in total. The molecule has 0 aliphatic carbocycles. The molecule has 0 aliphatic heterocycles. The summed E-state index contributed by atoms with van der Waals surface area (Å²) in [6.45, 7) is 0. The zero-order chi connectivity index (χ0) is 0. The molecule has 0 bridgehead atoms. The smallest absolute Gasteiger partial charge is 1.00 e. The summed E-state index contributed by atoms with van der Waals surface area (Å²) in [5.74, 6) is 0. The SMILES string of the molecule is O.[AlH3].[Ba+2].[Ca+2].[H-].[H-].[H-].[H-].[H-].[K+]. The Labute approximate surface area is 163 Å². The first-order valence-electron chi connectivity index (χ1n) is 0. The molecule has 0 unspecified atom stereocenters. The molecule has 24 valence electrons. The molecule has 5 heteroatoms. The van der Waals surface area contributed by atoms with Crippen LogP contribution in [0.25, 0.3) is 0 Å². The topological polar surface area (TPSA) is 31.5 Å². The van der Waals surface area contributed by atoms with Crippen LogP contribution >= 0.6 is 0 Å². The Bertz CT molecular complexity index is 21.6. The fraction of sp³-hybridized carbons (Fsp3) is 0. The molecule has 0 amide bonds. The van der Waals surface area contributed by atoms with Crippen molar-refractivity contribution in [3.63, 3.8) is 0 Å². The van der Waals surface area contributed by atoms with Crippen molar-refractivity contribution in [2.75, 3.05) is 0 Å². The molecule has 0 spiro atoms. The molecule has 1 nitrogen and oxygen atoms in total. The van der Waals surface area contributed by atoms with Crippen molar-refractivity contribution in [3.05, 3.63) is 0 Å². The summed E-state index contributed by atoms with van der Waals surface area (Å²) in [5.41, 5.74) is 0. The molecule has 0 aromatic rings. The van der Waals surface area contributed by atoms with Gasteiger partial charge in [-0.2, -0.15) is 0 Å².